The largest absolute Gasteiger partial charge is 0.340 e. The molecule has 0 bridgehead atoms. The Balaban J connectivity index is 2.65. The maximum Gasteiger partial charge on any atom is 0.219 e. The first-order valence-electron chi connectivity index (χ1n) is 6.48. The normalized spacial score (nSPS) is 22.4. The van der Waals surface area contributed by atoms with Gasteiger partial charge in [0.2, 0.25) is 5.91 Å². The summed E-state index contributed by atoms with van der Waals surface area (Å²) in [6.45, 7) is 13.9. The van der Waals surface area contributed by atoms with Crippen molar-refractivity contribution in [1.82, 2.24) is 9.80 Å². The van der Waals surface area contributed by atoms with Gasteiger partial charge in [0.15, 0.2) is 0 Å². The van der Waals surface area contributed by atoms with Crippen LogP contribution in [0.15, 0.2) is 0 Å². The summed E-state index contributed by atoms with van der Waals surface area (Å²) in [6, 6.07) is 0.524. The molecule has 100 valence electrons. The molecule has 0 aromatic rings. The third kappa shape index (κ3) is 3.68. The molecule has 2 atom stereocenters. The fraction of sp³-hybridized carbons (Fsp3) is 0.923. The molecule has 1 saturated heterocycles. The average molecular weight is 241 g/mol. The van der Waals surface area contributed by atoms with Crippen LogP contribution < -0.4 is 5.73 Å². The molecule has 0 saturated carbocycles. The summed E-state index contributed by atoms with van der Waals surface area (Å²) in [6.07, 6.45) is 0. The first kappa shape index (κ1) is 14.5. The molecule has 1 fully saturated rings. The second-order valence-corrected chi connectivity index (χ2v) is 6.21. The molecular formula is C13H27N3O. The molecule has 17 heavy (non-hydrogen) atoms. The Labute approximate surface area is 105 Å². The molecule has 1 aliphatic rings. The third-order valence-electron chi connectivity index (χ3n) is 3.54. The Morgan fingerprint density at radius 3 is 1.94 bits per heavy atom. The summed E-state index contributed by atoms with van der Waals surface area (Å²) < 4.78 is 0. The number of amides is 1. The summed E-state index contributed by atoms with van der Waals surface area (Å²) >= 11 is 0. The molecule has 0 aliphatic carbocycles. The Morgan fingerprint density at radius 2 is 1.65 bits per heavy atom. The Kier molecular flexibility index (Phi) is 4.55. The fourth-order valence-electron chi connectivity index (χ4n) is 2.98. The van der Waals surface area contributed by atoms with Gasteiger partial charge in [-0.3, -0.25) is 9.69 Å². The lowest BCUT2D eigenvalue weighted by Gasteiger charge is -2.46. The van der Waals surface area contributed by atoms with Crippen LogP contribution >= 0.6 is 0 Å². The van der Waals surface area contributed by atoms with Crippen LogP contribution in [0.3, 0.4) is 0 Å². The summed E-state index contributed by atoms with van der Waals surface area (Å²) in [5.41, 5.74) is 6.30. The maximum absolute atomic E-state index is 11.3. The number of hydrogen-bond acceptors (Lipinski definition) is 3. The van der Waals surface area contributed by atoms with Crippen molar-refractivity contribution >= 4 is 5.91 Å². The molecule has 1 heterocycles. The van der Waals surface area contributed by atoms with E-state index in [-0.39, 0.29) is 17.4 Å². The van der Waals surface area contributed by atoms with E-state index in [0.717, 1.165) is 26.2 Å². The zero-order valence-electron chi connectivity index (χ0n) is 11.9. The number of carbonyl (C=O) groups is 1. The lowest BCUT2D eigenvalue weighted by atomic mass is 9.81. The summed E-state index contributed by atoms with van der Waals surface area (Å²) in [7, 11) is 0. The smallest absolute Gasteiger partial charge is 0.219 e. The number of piperazine rings is 1. The van der Waals surface area contributed by atoms with Gasteiger partial charge < -0.3 is 10.6 Å². The van der Waals surface area contributed by atoms with Crippen LogP contribution in [-0.2, 0) is 4.79 Å². The molecule has 4 nitrogen and oxygen atoms in total. The first-order valence-corrected chi connectivity index (χ1v) is 6.48. The van der Waals surface area contributed by atoms with E-state index in [1.807, 2.05) is 4.90 Å². The van der Waals surface area contributed by atoms with Crippen LogP contribution in [0.2, 0.25) is 0 Å². The van der Waals surface area contributed by atoms with Crippen molar-refractivity contribution in [3.63, 3.8) is 0 Å². The Bertz CT molecular complexity index is 262. The van der Waals surface area contributed by atoms with Crippen molar-refractivity contribution in [2.75, 3.05) is 26.2 Å². The van der Waals surface area contributed by atoms with Crippen LogP contribution in [0.1, 0.15) is 34.6 Å². The van der Waals surface area contributed by atoms with E-state index in [1.165, 1.54) is 0 Å². The quantitative estimate of drug-likeness (QED) is 0.782. The van der Waals surface area contributed by atoms with Crippen LogP contribution in [-0.4, -0.2) is 54.0 Å². The minimum Gasteiger partial charge on any atom is -0.340 e. The molecule has 1 aliphatic heterocycles. The van der Waals surface area contributed by atoms with Crippen molar-refractivity contribution in [2.45, 2.75) is 46.7 Å². The van der Waals surface area contributed by atoms with Crippen molar-refractivity contribution in [1.29, 1.82) is 0 Å². The summed E-state index contributed by atoms with van der Waals surface area (Å²) in [4.78, 5) is 15.6. The van der Waals surface area contributed by atoms with Crippen LogP contribution in [0.5, 0.6) is 0 Å². The Hall–Kier alpha value is -0.610. The number of nitrogens with zero attached hydrogens (tertiary/aromatic N) is 2. The van der Waals surface area contributed by atoms with E-state index in [9.17, 15) is 4.79 Å². The zero-order valence-corrected chi connectivity index (χ0v) is 11.9. The van der Waals surface area contributed by atoms with Gasteiger partial charge >= 0.3 is 0 Å². The minimum atomic E-state index is 0.152. The lowest BCUT2D eigenvalue weighted by Crippen LogP contribution is -2.59. The fourth-order valence-corrected chi connectivity index (χ4v) is 2.98. The zero-order chi connectivity index (χ0) is 13.2. The predicted octanol–water partition coefficient (Wildman–Crippen LogP) is 0.912. The second-order valence-electron chi connectivity index (χ2n) is 6.21. The molecule has 1 amide bonds. The maximum atomic E-state index is 11.3. The van der Waals surface area contributed by atoms with Gasteiger partial charge in [0.05, 0.1) is 0 Å². The van der Waals surface area contributed by atoms with Gasteiger partial charge in [0, 0.05) is 45.2 Å². The van der Waals surface area contributed by atoms with Crippen LogP contribution in [0.4, 0.5) is 0 Å². The number of hydrogen-bond donors (Lipinski definition) is 1. The molecule has 0 radical (unpaired) electrons. The average Bonchev–Trinajstić information content (AvgIpc) is 2.15. The van der Waals surface area contributed by atoms with Crippen LogP contribution in [0, 0.1) is 5.41 Å². The molecule has 0 spiro atoms. The van der Waals surface area contributed by atoms with Gasteiger partial charge in [-0.2, -0.15) is 0 Å². The predicted molar refractivity (Wildman–Crippen MR) is 70.7 cm³/mol. The molecule has 2 unspecified atom stereocenters. The Morgan fingerprint density at radius 1 is 1.18 bits per heavy atom. The highest BCUT2D eigenvalue weighted by molar-refractivity contribution is 5.73. The van der Waals surface area contributed by atoms with Gasteiger partial charge in [-0.25, -0.2) is 0 Å². The standard InChI is InChI=1S/C13H27N3O/c1-10(14)12(13(3,4)5)16-8-6-15(7-9-16)11(2)17/h10,12H,6-9,14H2,1-5H3. The number of rotatable bonds is 2. The molecule has 4 heteroatoms. The van der Waals surface area contributed by atoms with Crippen molar-refractivity contribution in [3.8, 4) is 0 Å². The van der Waals surface area contributed by atoms with Gasteiger partial charge in [0.1, 0.15) is 0 Å². The van der Waals surface area contributed by atoms with Gasteiger partial charge in [0.25, 0.3) is 0 Å². The van der Waals surface area contributed by atoms with Crippen molar-refractivity contribution < 1.29 is 4.79 Å². The van der Waals surface area contributed by atoms with E-state index in [0.29, 0.717) is 6.04 Å². The summed E-state index contributed by atoms with van der Waals surface area (Å²) in [5.74, 6) is 0.178. The van der Waals surface area contributed by atoms with E-state index in [2.05, 4.69) is 32.6 Å². The van der Waals surface area contributed by atoms with E-state index >= 15 is 0 Å². The van der Waals surface area contributed by atoms with E-state index < -0.39 is 0 Å². The van der Waals surface area contributed by atoms with E-state index in [4.69, 9.17) is 5.73 Å². The number of carbonyl (C=O) groups excluding carboxylic acids is 1. The second kappa shape index (κ2) is 5.36. The highest BCUT2D eigenvalue weighted by Gasteiger charge is 2.35. The van der Waals surface area contributed by atoms with E-state index in [1.54, 1.807) is 6.92 Å². The van der Waals surface area contributed by atoms with Gasteiger partial charge in [-0.1, -0.05) is 20.8 Å². The lowest BCUT2D eigenvalue weighted by molar-refractivity contribution is -0.131. The van der Waals surface area contributed by atoms with Gasteiger partial charge in [-0.05, 0) is 12.3 Å². The molecular weight excluding hydrogens is 214 g/mol. The van der Waals surface area contributed by atoms with Crippen molar-refractivity contribution in [2.24, 2.45) is 11.1 Å². The van der Waals surface area contributed by atoms with Crippen LogP contribution in [0.25, 0.3) is 0 Å². The highest BCUT2D eigenvalue weighted by Crippen LogP contribution is 2.27. The summed E-state index contributed by atoms with van der Waals surface area (Å²) in [5, 5.41) is 0. The first-order chi connectivity index (χ1) is 7.73. The molecule has 2 N–H and O–H groups in total. The monoisotopic (exact) mass is 241 g/mol. The number of nitrogens with two attached hydrogens (primary N) is 1. The molecule has 1 rings (SSSR count). The SMILES string of the molecule is CC(=O)N1CCN(C(C(C)N)C(C)(C)C)CC1. The highest BCUT2D eigenvalue weighted by atomic mass is 16.2. The van der Waals surface area contributed by atoms with Crippen molar-refractivity contribution in [3.05, 3.63) is 0 Å². The minimum absolute atomic E-state index is 0.152. The molecule has 0 aromatic heterocycles. The third-order valence-corrected chi connectivity index (χ3v) is 3.54. The topological polar surface area (TPSA) is 49.6 Å². The van der Waals surface area contributed by atoms with Gasteiger partial charge in [-0.15, -0.1) is 0 Å². The molecule has 0 aromatic carbocycles.